The molecule has 1 fully saturated rings. The fourth-order valence-corrected chi connectivity index (χ4v) is 1.17. The van der Waals surface area contributed by atoms with Gasteiger partial charge in [0.1, 0.15) is 0 Å². The highest BCUT2D eigenvalue weighted by Gasteiger charge is 2.38. The zero-order valence-electron chi connectivity index (χ0n) is 5.94. The molecule has 0 bridgehead atoms. The Balaban J connectivity index is 2.52. The van der Waals surface area contributed by atoms with Gasteiger partial charge in [-0.3, -0.25) is 15.5 Å². The van der Waals surface area contributed by atoms with Crippen molar-refractivity contribution < 1.29 is 22.8 Å². The van der Waals surface area contributed by atoms with E-state index in [4.69, 9.17) is 0 Å². The maximum absolute atomic E-state index is 11.7. The van der Waals surface area contributed by atoms with Crippen molar-refractivity contribution in [3.63, 3.8) is 0 Å². The highest BCUT2D eigenvalue weighted by atomic mass is 32.2. The Labute approximate surface area is 74.4 Å². The summed E-state index contributed by atoms with van der Waals surface area (Å²) in [5, 5.41) is 0.136. The molecule has 0 saturated carbocycles. The van der Waals surface area contributed by atoms with E-state index in [1.54, 1.807) is 5.32 Å². The van der Waals surface area contributed by atoms with Gasteiger partial charge in [0.15, 0.2) is 5.37 Å². The largest absolute Gasteiger partial charge is 0.443 e. The van der Waals surface area contributed by atoms with Crippen LogP contribution < -0.4 is 16.2 Å². The summed E-state index contributed by atoms with van der Waals surface area (Å²) < 4.78 is 35.2. The van der Waals surface area contributed by atoms with E-state index in [9.17, 15) is 22.8 Å². The second-order valence-corrected chi connectivity index (χ2v) is 3.20. The normalized spacial score (nSPS) is 23.8. The molecule has 0 spiro atoms. The smallest absolute Gasteiger partial charge is 0.275 e. The Bertz CT molecular complexity index is 243. The third kappa shape index (κ3) is 3.11. The summed E-state index contributed by atoms with van der Waals surface area (Å²) in [6.45, 7) is 0. The lowest BCUT2D eigenvalue weighted by Crippen LogP contribution is -2.61. The first-order chi connectivity index (χ1) is 5.88. The quantitative estimate of drug-likeness (QED) is 0.571. The topological polar surface area (TPSA) is 70.2 Å². The van der Waals surface area contributed by atoms with E-state index in [1.165, 1.54) is 0 Å². The number of amides is 3. The molecule has 3 N–H and O–H groups in total. The van der Waals surface area contributed by atoms with Gasteiger partial charge >= 0.3 is 11.5 Å². The van der Waals surface area contributed by atoms with Crippen molar-refractivity contribution in [1.29, 1.82) is 0 Å². The summed E-state index contributed by atoms with van der Waals surface area (Å²) in [6, 6.07) is -0.871. The summed E-state index contributed by atoms with van der Waals surface area (Å²) in [4.78, 5) is 21.1. The molecule has 9 heteroatoms. The number of urea groups is 1. The molecule has 1 aliphatic heterocycles. The summed E-state index contributed by atoms with van der Waals surface area (Å²) >= 11 is -0.550. The fourth-order valence-electron chi connectivity index (χ4n) is 0.622. The molecule has 0 aliphatic carbocycles. The number of halogens is 3. The maximum atomic E-state index is 11.7. The average molecular weight is 215 g/mol. The first-order valence-electron chi connectivity index (χ1n) is 2.99. The van der Waals surface area contributed by atoms with Gasteiger partial charge in [-0.1, -0.05) is 0 Å². The minimum absolute atomic E-state index is 0.550. The number of hydrogen-bond acceptors (Lipinski definition) is 4. The number of rotatable bonds is 1. The van der Waals surface area contributed by atoms with Crippen LogP contribution in [0.25, 0.3) is 0 Å². The van der Waals surface area contributed by atoms with E-state index >= 15 is 0 Å². The van der Waals surface area contributed by atoms with Gasteiger partial charge in [0.2, 0.25) is 0 Å². The van der Waals surface area contributed by atoms with Gasteiger partial charge in [0.05, 0.1) is 0 Å². The van der Waals surface area contributed by atoms with Gasteiger partial charge < -0.3 is 0 Å². The van der Waals surface area contributed by atoms with Crippen LogP contribution in [0, 0.1) is 0 Å². The molecule has 1 heterocycles. The van der Waals surface area contributed by atoms with Crippen molar-refractivity contribution in [1.82, 2.24) is 16.2 Å². The molecule has 1 unspecified atom stereocenters. The fraction of sp³-hybridized carbons (Fsp3) is 0.500. The van der Waals surface area contributed by atoms with Crippen LogP contribution in [0.4, 0.5) is 18.0 Å². The number of nitrogens with one attached hydrogen (secondary N) is 3. The van der Waals surface area contributed by atoms with Crippen LogP contribution in [-0.2, 0) is 4.79 Å². The van der Waals surface area contributed by atoms with E-state index in [2.05, 4.69) is 0 Å². The second-order valence-electron chi connectivity index (χ2n) is 2.03. The van der Waals surface area contributed by atoms with Crippen molar-refractivity contribution in [2.24, 2.45) is 0 Å². The molecule has 1 rings (SSSR count). The maximum Gasteiger partial charge on any atom is 0.443 e. The summed E-state index contributed by atoms with van der Waals surface area (Å²) in [7, 11) is 0. The molecule has 3 amide bonds. The summed E-state index contributed by atoms with van der Waals surface area (Å²) in [5.74, 6) is -1.02. The number of hydrazine groups is 1. The zero-order chi connectivity index (χ0) is 10.1. The van der Waals surface area contributed by atoms with E-state index in [0.29, 0.717) is 0 Å². The van der Waals surface area contributed by atoms with Gasteiger partial charge in [-0.25, -0.2) is 10.2 Å². The predicted octanol–water partition coefficient (Wildman–Crippen LogP) is -0.0905. The Morgan fingerprint density at radius 1 is 1.31 bits per heavy atom. The Kier molecular flexibility index (Phi) is 2.66. The van der Waals surface area contributed by atoms with Crippen LogP contribution in [0.2, 0.25) is 0 Å². The number of carbonyl (C=O) groups is 2. The molecule has 5 nitrogen and oxygen atoms in total. The molecule has 74 valence electrons. The number of carbonyl (C=O) groups excluding carboxylic acids is 2. The van der Waals surface area contributed by atoms with Crippen LogP contribution in [0.1, 0.15) is 0 Å². The van der Waals surface area contributed by atoms with Crippen molar-refractivity contribution in [3.05, 3.63) is 0 Å². The molecule has 13 heavy (non-hydrogen) atoms. The van der Waals surface area contributed by atoms with Crippen molar-refractivity contribution >= 4 is 23.7 Å². The molecule has 0 radical (unpaired) electrons. The molecule has 0 aromatic carbocycles. The highest BCUT2D eigenvalue weighted by molar-refractivity contribution is 8.01. The van der Waals surface area contributed by atoms with Gasteiger partial charge in [0, 0.05) is 0 Å². The van der Waals surface area contributed by atoms with E-state index in [0.717, 1.165) is 0 Å². The van der Waals surface area contributed by atoms with E-state index in [1.807, 2.05) is 10.9 Å². The third-order valence-corrected chi connectivity index (χ3v) is 1.88. The van der Waals surface area contributed by atoms with Gasteiger partial charge in [0.25, 0.3) is 5.91 Å². The molecule has 1 aliphatic rings. The first-order valence-corrected chi connectivity index (χ1v) is 3.87. The zero-order valence-corrected chi connectivity index (χ0v) is 6.75. The lowest BCUT2D eigenvalue weighted by Gasteiger charge is -2.23. The minimum atomic E-state index is -4.53. The summed E-state index contributed by atoms with van der Waals surface area (Å²) in [5.41, 5.74) is -0.781. The molecule has 0 aromatic rings. The molecular weight excluding hydrogens is 211 g/mol. The van der Waals surface area contributed by atoms with Gasteiger partial charge in [-0.15, -0.1) is 0 Å². The number of hydrogen-bond donors (Lipinski definition) is 3. The lowest BCUT2D eigenvalue weighted by atomic mass is 10.5. The van der Waals surface area contributed by atoms with Gasteiger partial charge in [-0.05, 0) is 11.8 Å². The van der Waals surface area contributed by atoms with E-state index < -0.39 is 34.6 Å². The average Bonchev–Trinajstić information content (AvgIpc) is 1.93. The first kappa shape index (κ1) is 10.1. The van der Waals surface area contributed by atoms with Crippen molar-refractivity contribution in [2.75, 3.05) is 0 Å². The molecule has 1 saturated heterocycles. The van der Waals surface area contributed by atoms with Gasteiger partial charge in [-0.2, -0.15) is 13.2 Å². The number of thioether (sulfide) groups is 1. The van der Waals surface area contributed by atoms with Crippen LogP contribution in [0.5, 0.6) is 0 Å². The third-order valence-electron chi connectivity index (χ3n) is 1.04. The van der Waals surface area contributed by atoms with Crippen molar-refractivity contribution in [2.45, 2.75) is 10.9 Å². The molecule has 1 atom stereocenters. The lowest BCUT2D eigenvalue weighted by molar-refractivity contribution is -0.121. The Morgan fingerprint density at radius 3 is 2.38 bits per heavy atom. The second kappa shape index (κ2) is 3.42. The van der Waals surface area contributed by atoms with Crippen molar-refractivity contribution in [3.8, 4) is 0 Å². The van der Waals surface area contributed by atoms with Crippen LogP contribution >= 0.6 is 11.8 Å². The standard InChI is InChI=1S/C4H4F3N3O2S/c5-4(6,7)13-2-1(11)8-3(12)10-9-2/h2,9H,(H2,8,10,11,12). The predicted molar refractivity (Wildman–Crippen MR) is 37.2 cm³/mol. The summed E-state index contributed by atoms with van der Waals surface area (Å²) in [6.07, 6.45) is 0. The SMILES string of the molecule is O=C1NNC(SC(F)(F)F)C(=O)N1. The molecular formula is C4H4F3N3O2S. The van der Waals surface area contributed by atoms with Crippen LogP contribution in [-0.4, -0.2) is 22.8 Å². The van der Waals surface area contributed by atoms with Crippen LogP contribution in [0.15, 0.2) is 0 Å². The van der Waals surface area contributed by atoms with Crippen LogP contribution in [0.3, 0.4) is 0 Å². The number of alkyl halides is 3. The minimum Gasteiger partial charge on any atom is -0.275 e. The Hall–Kier alpha value is -0.960. The van der Waals surface area contributed by atoms with E-state index in [-0.39, 0.29) is 0 Å². The highest BCUT2D eigenvalue weighted by Crippen LogP contribution is 2.33. The monoisotopic (exact) mass is 215 g/mol. The Morgan fingerprint density at radius 2 is 1.92 bits per heavy atom. The number of imide groups is 1. The molecule has 0 aromatic heterocycles.